The van der Waals surface area contributed by atoms with E-state index in [0.717, 1.165) is 68.0 Å². The molecule has 3 aromatic heterocycles. The average Bonchev–Trinajstić information content (AvgIpc) is 3.41. The topological polar surface area (TPSA) is 105 Å². The van der Waals surface area contributed by atoms with Gasteiger partial charge in [-0.1, -0.05) is 19.0 Å². The number of hydrogen-bond donors (Lipinski definition) is 3. The third kappa shape index (κ3) is 3.44. The first-order valence-electron chi connectivity index (χ1n) is 11.1. The number of aromatic amines is 1. The lowest BCUT2D eigenvalue weighted by Gasteiger charge is -2.21. The van der Waals surface area contributed by atoms with E-state index < -0.39 is 0 Å². The molecule has 0 fully saturated rings. The van der Waals surface area contributed by atoms with E-state index in [-0.39, 0.29) is 6.17 Å². The number of aryl methyl sites for hydroxylation is 3. The van der Waals surface area contributed by atoms with Crippen LogP contribution in [0, 0.1) is 13.8 Å². The van der Waals surface area contributed by atoms with Crippen molar-refractivity contribution in [3.05, 3.63) is 40.9 Å². The number of aromatic nitrogens is 4. The van der Waals surface area contributed by atoms with Gasteiger partial charge in [0.25, 0.3) is 0 Å². The summed E-state index contributed by atoms with van der Waals surface area (Å²) in [7, 11) is 3.62. The molecule has 4 heterocycles. The molecule has 5 rings (SSSR count). The molecule has 1 aromatic carbocycles. The lowest BCUT2D eigenvalue weighted by Crippen LogP contribution is -2.27. The summed E-state index contributed by atoms with van der Waals surface area (Å²) >= 11 is 0. The fraction of sp³-hybridized carbons (Fsp3) is 0.375. The third-order valence-electron chi connectivity index (χ3n) is 6.07. The summed E-state index contributed by atoms with van der Waals surface area (Å²) in [4.78, 5) is 8.39. The van der Waals surface area contributed by atoms with Gasteiger partial charge in [0.2, 0.25) is 0 Å². The Kier molecular flexibility index (Phi) is 4.92. The predicted octanol–water partition coefficient (Wildman–Crippen LogP) is 4.94. The number of amidine groups is 1. The summed E-state index contributed by atoms with van der Waals surface area (Å²) in [5.74, 6) is 4.45. The van der Waals surface area contributed by atoms with Gasteiger partial charge < -0.3 is 24.9 Å². The largest absolute Gasteiger partial charge is 0.496 e. The Hall–Kier alpha value is -3.75. The van der Waals surface area contributed by atoms with Crippen molar-refractivity contribution in [2.45, 2.75) is 46.7 Å². The maximum absolute atomic E-state index is 5.79. The smallest absolute Gasteiger partial charge is 0.141 e. The minimum absolute atomic E-state index is 0.0882. The Morgan fingerprint density at radius 1 is 1.18 bits per heavy atom. The molecule has 9 heteroatoms. The SMILES string of the molecule is COc1cc2c3c([nH]c2cc1-c1c(C)noc1C)NC(C)N=C3Nc1cc(C(C)C)nn1C. The second-order valence-electron chi connectivity index (χ2n) is 8.83. The van der Waals surface area contributed by atoms with Crippen LogP contribution in [0.25, 0.3) is 22.0 Å². The highest BCUT2D eigenvalue weighted by Gasteiger charge is 2.26. The summed E-state index contributed by atoms with van der Waals surface area (Å²) in [5, 5.41) is 16.7. The number of methoxy groups -OCH3 is 1. The molecule has 0 aliphatic carbocycles. The molecule has 0 saturated heterocycles. The Balaban J connectivity index is 1.65. The summed E-state index contributed by atoms with van der Waals surface area (Å²) in [6, 6.07) is 6.21. The van der Waals surface area contributed by atoms with Crippen LogP contribution in [0.5, 0.6) is 5.75 Å². The van der Waals surface area contributed by atoms with Crippen molar-refractivity contribution in [1.29, 1.82) is 0 Å². The number of aliphatic imine (C=N–C) groups is 1. The molecule has 9 nitrogen and oxygen atoms in total. The van der Waals surface area contributed by atoms with Gasteiger partial charge in [-0.25, -0.2) is 4.99 Å². The molecular weight excluding hydrogens is 418 g/mol. The molecule has 4 aromatic rings. The van der Waals surface area contributed by atoms with Crippen LogP contribution < -0.4 is 15.4 Å². The minimum Gasteiger partial charge on any atom is -0.496 e. The van der Waals surface area contributed by atoms with Crippen molar-refractivity contribution >= 4 is 28.4 Å². The van der Waals surface area contributed by atoms with E-state index in [1.807, 2.05) is 38.6 Å². The second kappa shape index (κ2) is 7.68. The van der Waals surface area contributed by atoms with Gasteiger partial charge in [0.1, 0.15) is 35.1 Å². The Morgan fingerprint density at radius 2 is 1.97 bits per heavy atom. The van der Waals surface area contributed by atoms with Crippen LogP contribution in [0.2, 0.25) is 0 Å². The molecule has 33 heavy (non-hydrogen) atoms. The highest BCUT2D eigenvalue weighted by atomic mass is 16.5. The van der Waals surface area contributed by atoms with Gasteiger partial charge in [0, 0.05) is 29.6 Å². The molecular formula is C24H29N7O2. The quantitative estimate of drug-likeness (QED) is 0.409. The first-order valence-corrected chi connectivity index (χ1v) is 11.1. The fourth-order valence-electron chi connectivity index (χ4n) is 4.41. The third-order valence-corrected chi connectivity index (χ3v) is 6.07. The maximum atomic E-state index is 5.79. The lowest BCUT2D eigenvalue weighted by molar-refractivity contribution is 0.393. The summed E-state index contributed by atoms with van der Waals surface area (Å²) in [6.45, 7) is 10.1. The van der Waals surface area contributed by atoms with Crippen LogP contribution >= 0.6 is 0 Å². The number of H-pyrrole nitrogens is 1. The van der Waals surface area contributed by atoms with Crippen LogP contribution in [0.3, 0.4) is 0 Å². The van der Waals surface area contributed by atoms with Gasteiger partial charge in [0.15, 0.2) is 0 Å². The van der Waals surface area contributed by atoms with E-state index >= 15 is 0 Å². The number of anilines is 2. The Labute approximate surface area is 192 Å². The monoisotopic (exact) mass is 447 g/mol. The van der Waals surface area contributed by atoms with Gasteiger partial charge in [-0.3, -0.25) is 4.68 Å². The molecule has 1 aliphatic rings. The number of benzene rings is 1. The molecule has 0 saturated carbocycles. The lowest BCUT2D eigenvalue weighted by atomic mass is 10.00. The highest BCUT2D eigenvalue weighted by Crippen LogP contribution is 2.41. The summed E-state index contributed by atoms with van der Waals surface area (Å²) < 4.78 is 13.1. The van der Waals surface area contributed by atoms with Gasteiger partial charge in [-0.05, 0) is 38.8 Å². The minimum atomic E-state index is -0.0882. The van der Waals surface area contributed by atoms with Crippen molar-refractivity contribution < 1.29 is 9.26 Å². The van der Waals surface area contributed by atoms with E-state index in [9.17, 15) is 0 Å². The molecule has 1 aliphatic heterocycles. The molecule has 172 valence electrons. The van der Waals surface area contributed by atoms with E-state index in [1.165, 1.54) is 0 Å². The second-order valence-corrected chi connectivity index (χ2v) is 8.83. The number of nitrogens with zero attached hydrogens (tertiary/aromatic N) is 4. The van der Waals surface area contributed by atoms with Crippen LogP contribution in [0.15, 0.2) is 27.7 Å². The van der Waals surface area contributed by atoms with E-state index in [0.29, 0.717) is 5.92 Å². The molecule has 0 amide bonds. The van der Waals surface area contributed by atoms with Crippen LogP contribution in [0.4, 0.5) is 11.6 Å². The van der Waals surface area contributed by atoms with Crippen molar-refractivity contribution in [3.8, 4) is 16.9 Å². The normalized spacial score (nSPS) is 15.5. The number of fused-ring (bicyclic) bond motifs is 3. The first kappa shape index (κ1) is 21.1. The Morgan fingerprint density at radius 3 is 2.61 bits per heavy atom. The molecule has 1 unspecified atom stereocenters. The van der Waals surface area contributed by atoms with Crippen molar-refractivity contribution in [2.24, 2.45) is 12.0 Å². The van der Waals surface area contributed by atoms with Crippen molar-refractivity contribution in [1.82, 2.24) is 19.9 Å². The van der Waals surface area contributed by atoms with Crippen molar-refractivity contribution in [2.75, 3.05) is 17.7 Å². The molecule has 0 spiro atoms. The van der Waals surface area contributed by atoms with Crippen molar-refractivity contribution in [3.63, 3.8) is 0 Å². The van der Waals surface area contributed by atoms with Crippen LogP contribution in [-0.4, -0.2) is 39.0 Å². The van der Waals surface area contributed by atoms with E-state index in [2.05, 4.69) is 51.9 Å². The highest BCUT2D eigenvalue weighted by molar-refractivity contribution is 6.20. The zero-order valence-corrected chi connectivity index (χ0v) is 20.0. The summed E-state index contributed by atoms with van der Waals surface area (Å²) in [6.07, 6.45) is -0.0882. The number of rotatable bonds is 4. The predicted molar refractivity (Wildman–Crippen MR) is 130 cm³/mol. The standard InChI is InChI=1S/C24H29N7O2/c1-11(2)17-10-20(31(6)29-17)28-24-22-15-9-19(32-7)16(21-12(3)30-33-13(21)4)8-18(15)27-23(22)25-14(5)26-24/h8-11,14,25,27H,1-7H3,(H,26,28). The summed E-state index contributed by atoms with van der Waals surface area (Å²) in [5.41, 5.74) is 5.69. The fourth-order valence-corrected chi connectivity index (χ4v) is 4.41. The number of hydrogen-bond acceptors (Lipinski definition) is 7. The maximum Gasteiger partial charge on any atom is 0.141 e. The zero-order chi connectivity index (χ0) is 23.4. The first-order chi connectivity index (χ1) is 15.8. The number of ether oxygens (including phenoxy) is 1. The van der Waals surface area contributed by atoms with E-state index in [1.54, 1.807) is 7.11 Å². The zero-order valence-electron chi connectivity index (χ0n) is 20.0. The van der Waals surface area contributed by atoms with Gasteiger partial charge >= 0.3 is 0 Å². The number of nitrogens with one attached hydrogen (secondary N) is 3. The molecule has 1 atom stereocenters. The van der Waals surface area contributed by atoms with Crippen LogP contribution in [0.1, 0.15) is 49.4 Å². The molecule has 3 N–H and O–H groups in total. The van der Waals surface area contributed by atoms with Crippen LogP contribution in [-0.2, 0) is 7.05 Å². The van der Waals surface area contributed by atoms with Gasteiger partial charge in [-0.15, -0.1) is 0 Å². The Bertz CT molecular complexity index is 1370. The van der Waals surface area contributed by atoms with Gasteiger partial charge in [-0.2, -0.15) is 5.10 Å². The van der Waals surface area contributed by atoms with E-state index in [4.69, 9.17) is 14.3 Å². The molecule has 0 radical (unpaired) electrons. The molecule has 0 bridgehead atoms. The van der Waals surface area contributed by atoms with Gasteiger partial charge in [0.05, 0.1) is 29.6 Å². The average molecular weight is 448 g/mol.